The Bertz CT molecular complexity index is 1360. The molecule has 0 aromatic heterocycles. The molecule has 1 N–H and O–H groups in total. The number of amides is 2. The SMILES string of the molecule is CC[C@H](C(=O)NC(C)C)N(Cc1ccccc1)C(=O)CN(c1cccc(OC)c1)S(=O)(=O)c1ccc(C)cc1. The van der Waals surface area contributed by atoms with Crippen molar-refractivity contribution in [3.8, 4) is 5.75 Å². The van der Waals surface area contributed by atoms with Gasteiger partial charge >= 0.3 is 0 Å². The van der Waals surface area contributed by atoms with E-state index >= 15 is 0 Å². The summed E-state index contributed by atoms with van der Waals surface area (Å²) < 4.78 is 34.2. The standard InChI is InChI=1S/C30H37N3O5S/c1-6-28(30(35)31-22(2)3)32(20-24-11-8-7-9-12-24)29(34)21-33(25-13-10-14-26(19-25)38-5)39(36,37)27-17-15-23(4)16-18-27/h7-19,22,28H,6,20-21H2,1-5H3,(H,31,35)/t28-/m1/s1. The van der Waals surface area contributed by atoms with Gasteiger partial charge in [0.2, 0.25) is 11.8 Å². The van der Waals surface area contributed by atoms with Crippen molar-refractivity contribution in [2.75, 3.05) is 18.0 Å². The molecule has 0 saturated heterocycles. The van der Waals surface area contributed by atoms with Crippen LogP contribution in [0.4, 0.5) is 5.69 Å². The maximum atomic E-state index is 14.0. The summed E-state index contributed by atoms with van der Waals surface area (Å²) in [6.07, 6.45) is 0.362. The lowest BCUT2D eigenvalue weighted by atomic mass is 10.1. The van der Waals surface area contributed by atoms with E-state index in [1.807, 2.05) is 58.0 Å². The monoisotopic (exact) mass is 551 g/mol. The molecule has 1 atom stereocenters. The summed E-state index contributed by atoms with van der Waals surface area (Å²) in [5.41, 5.74) is 2.02. The number of nitrogens with one attached hydrogen (secondary N) is 1. The number of rotatable bonds is 12. The molecule has 8 nitrogen and oxygen atoms in total. The van der Waals surface area contributed by atoms with Crippen molar-refractivity contribution in [3.63, 3.8) is 0 Å². The number of nitrogens with zero attached hydrogens (tertiary/aromatic N) is 2. The van der Waals surface area contributed by atoms with E-state index in [2.05, 4.69) is 5.32 Å². The Hall–Kier alpha value is -3.85. The van der Waals surface area contributed by atoms with Crippen LogP contribution >= 0.6 is 0 Å². The van der Waals surface area contributed by atoms with Crippen molar-refractivity contribution in [3.05, 3.63) is 90.0 Å². The van der Waals surface area contributed by atoms with E-state index in [0.29, 0.717) is 12.2 Å². The Balaban J connectivity index is 2.07. The molecule has 0 heterocycles. The molecule has 0 spiro atoms. The zero-order chi connectivity index (χ0) is 28.6. The van der Waals surface area contributed by atoms with Gasteiger partial charge in [0.15, 0.2) is 0 Å². The molecule has 0 unspecified atom stereocenters. The highest BCUT2D eigenvalue weighted by molar-refractivity contribution is 7.92. The van der Waals surface area contributed by atoms with Gasteiger partial charge in [-0.2, -0.15) is 0 Å². The quantitative estimate of drug-likeness (QED) is 0.357. The average molecular weight is 552 g/mol. The number of hydrogen-bond donors (Lipinski definition) is 1. The van der Waals surface area contributed by atoms with Gasteiger partial charge in [0.05, 0.1) is 17.7 Å². The highest BCUT2D eigenvalue weighted by atomic mass is 32.2. The van der Waals surface area contributed by atoms with Crippen LogP contribution in [0.15, 0.2) is 83.8 Å². The normalized spacial score (nSPS) is 12.1. The lowest BCUT2D eigenvalue weighted by Crippen LogP contribution is -2.53. The van der Waals surface area contributed by atoms with E-state index in [1.54, 1.807) is 36.4 Å². The molecule has 3 aromatic carbocycles. The van der Waals surface area contributed by atoms with Crippen LogP contribution in [0.25, 0.3) is 0 Å². The summed E-state index contributed by atoms with van der Waals surface area (Å²) in [5, 5.41) is 2.90. The Labute approximate surface area is 231 Å². The van der Waals surface area contributed by atoms with E-state index < -0.39 is 28.5 Å². The first kappa shape index (κ1) is 29.7. The van der Waals surface area contributed by atoms with Crippen LogP contribution in [0.1, 0.15) is 38.3 Å². The minimum absolute atomic E-state index is 0.0583. The van der Waals surface area contributed by atoms with E-state index in [1.165, 1.54) is 24.1 Å². The second-order valence-electron chi connectivity index (χ2n) is 9.62. The lowest BCUT2D eigenvalue weighted by molar-refractivity contribution is -0.140. The largest absolute Gasteiger partial charge is 0.497 e. The highest BCUT2D eigenvalue weighted by Crippen LogP contribution is 2.28. The number of benzene rings is 3. The van der Waals surface area contributed by atoms with Gasteiger partial charge in [-0.15, -0.1) is 0 Å². The highest BCUT2D eigenvalue weighted by Gasteiger charge is 2.34. The van der Waals surface area contributed by atoms with Crippen LogP contribution in [0.3, 0.4) is 0 Å². The summed E-state index contributed by atoms with van der Waals surface area (Å²) in [6.45, 7) is 7.06. The summed E-state index contributed by atoms with van der Waals surface area (Å²) >= 11 is 0. The van der Waals surface area contributed by atoms with Crippen LogP contribution in [-0.2, 0) is 26.2 Å². The Morgan fingerprint density at radius 2 is 1.62 bits per heavy atom. The maximum Gasteiger partial charge on any atom is 0.264 e. The van der Waals surface area contributed by atoms with Gasteiger partial charge in [0.1, 0.15) is 18.3 Å². The number of aryl methyl sites for hydroxylation is 1. The number of carbonyl (C=O) groups is 2. The molecule has 0 aliphatic heterocycles. The molecular formula is C30H37N3O5S. The first-order valence-electron chi connectivity index (χ1n) is 12.9. The van der Waals surface area contributed by atoms with Crippen LogP contribution in [-0.4, -0.2) is 50.9 Å². The smallest absolute Gasteiger partial charge is 0.264 e. The first-order chi connectivity index (χ1) is 18.6. The van der Waals surface area contributed by atoms with Gasteiger partial charge in [-0.05, 0) is 57.0 Å². The fourth-order valence-corrected chi connectivity index (χ4v) is 5.62. The first-order valence-corrected chi connectivity index (χ1v) is 14.4. The van der Waals surface area contributed by atoms with Gasteiger partial charge in [-0.3, -0.25) is 13.9 Å². The van der Waals surface area contributed by atoms with Crippen molar-refractivity contribution in [1.29, 1.82) is 0 Å². The fourth-order valence-electron chi connectivity index (χ4n) is 4.21. The maximum absolute atomic E-state index is 14.0. The predicted molar refractivity (Wildman–Crippen MR) is 153 cm³/mol. The molecule has 0 radical (unpaired) electrons. The van der Waals surface area contributed by atoms with E-state index in [9.17, 15) is 18.0 Å². The molecule has 3 aromatic rings. The van der Waals surface area contributed by atoms with Gasteiger partial charge in [-0.25, -0.2) is 8.42 Å². The van der Waals surface area contributed by atoms with Gasteiger partial charge in [0.25, 0.3) is 10.0 Å². The van der Waals surface area contributed by atoms with Gasteiger partial charge in [0, 0.05) is 18.7 Å². The van der Waals surface area contributed by atoms with E-state index in [0.717, 1.165) is 15.4 Å². The summed E-state index contributed by atoms with van der Waals surface area (Å²) in [7, 11) is -2.65. The van der Waals surface area contributed by atoms with Crippen LogP contribution in [0.5, 0.6) is 5.75 Å². The number of sulfonamides is 1. The number of carbonyl (C=O) groups excluding carboxylic acids is 2. The molecule has 208 valence electrons. The fraction of sp³-hybridized carbons (Fsp3) is 0.333. The molecule has 3 rings (SSSR count). The minimum atomic E-state index is -4.14. The summed E-state index contributed by atoms with van der Waals surface area (Å²) in [6, 6.07) is 21.5. The molecule has 0 fully saturated rings. The molecule has 9 heteroatoms. The van der Waals surface area contributed by atoms with Gasteiger partial charge < -0.3 is 15.0 Å². The summed E-state index contributed by atoms with van der Waals surface area (Å²) in [5.74, 6) is -0.331. The van der Waals surface area contributed by atoms with Crippen molar-refractivity contribution < 1.29 is 22.7 Å². The second-order valence-corrected chi connectivity index (χ2v) is 11.5. The number of methoxy groups -OCH3 is 1. The van der Waals surface area contributed by atoms with E-state index in [4.69, 9.17) is 4.74 Å². The minimum Gasteiger partial charge on any atom is -0.497 e. The number of ether oxygens (including phenoxy) is 1. The molecule has 0 saturated carbocycles. The number of hydrogen-bond acceptors (Lipinski definition) is 5. The van der Waals surface area contributed by atoms with Crippen LogP contribution in [0.2, 0.25) is 0 Å². The summed E-state index contributed by atoms with van der Waals surface area (Å²) in [4.78, 5) is 28.7. The topological polar surface area (TPSA) is 96.0 Å². The van der Waals surface area contributed by atoms with E-state index in [-0.39, 0.29) is 29.1 Å². The zero-order valence-electron chi connectivity index (χ0n) is 23.1. The van der Waals surface area contributed by atoms with Gasteiger partial charge in [-0.1, -0.05) is 61.0 Å². The van der Waals surface area contributed by atoms with Crippen molar-refractivity contribution in [2.24, 2.45) is 0 Å². The average Bonchev–Trinajstić information content (AvgIpc) is 2.91. The third-order valence-electron chi connectivity index (χ3n) is 6.24. The molecular weight excluding hydrogens is 514 g/mol. The Morgan fingerprint density at radius 1 is 0.949 bits per heavy atom. The molecule has 0 aliphatic rings. The molecule has 2 amide bonds. The molecule has 0 aliphatic carbocycles. The second kappa shape index (κ2) is 13.3. The Kier molecular flexibility index (Phi) is 10.1. The lowest BCUT2D eigenvalue weighted by Gasteiger charge is -2.33. The van der Waals surface area contributed by atoms with Crippen LogP contribution < -0.4 is 14.4 Å². The number of anilines is 1. The molecule has 39 heavy (non-hydrogen) atoms. The van der Waals surface area contributed by atoms with Crippen molar-refractivity contribution >= 4 is 27.5 Å². The molecule has 0 bridgehead atoms. The zero-order valence-corrected chi connectivity index (χ0v) is 23.9. The predicted octanol–water partition coefficient (Wildman–Crippen LogP) is 4.53. The third-order valence-corrected chi connectivity index (χ3v) is 8.03. The van der Waals surface area contributed by atoms with Crippen molar-refractivity contribution in [2.45, 2.75) is 57.6 Å². The van der Waals surface area contributed by atoms with Crippen molar-refractivity contribution in [1.82, 2.24) is 10.2 Å². The van der Waals surface area contributed by atoms with Crippen LogP contribution in [0, 0.1) is 6.92 Å². The Morgan fingerprint density at radius 3 is 2.21 bits per heavy atom. The third kappa shape index (κ3) is 7.60.